The van der Waals surface area contributed by atoms with E-state index < -0.39 is 42.0 Å². The number of nitriles is 1. The molecule has 1 aromatic carbocycles. The van der Waals surface area contributed by atoms with Crippen LogP contribution in [0.3, 0.4) is 0 Å². The Morgan fingerprint density at radius 3 is 2.21 bits per heavy atom. The molecule has 0 saturated heterocycles. The summed E-state index contributed by atoms with van der Waals surface area (Å²) in [5.74, 6) is -3.24. The summed E-state index contributed by atoms with van der Waals surface area (Å²) < 4.78 is 58.6. The second kappa shape index (κ2) is 8.77. The molecule has 0 heterocycles. The van der Waals surface area contributed by atoms with Gasteiger partial charge in [-0.2, -0.15) is 22.8 Å². The fourth-order valence-corrected chi connectivity index (χ4v) is 3.16. The Hall–Kier alpha value is -3.03. The van der Waals surface area contributed by atoms with Crippen LogP contribution in [0.2, 0.25) is 0 Å². The highest BCUT2D eigenvalue weighted by molar-refractivity contribution is 6.34. The molecule has 1 aliphatic carbocycles. The van der Waals surface area contributed by atoms with Crippen LogP contribution < -0.4 is 20.5 Å². The second-order valence-corrected chi connectivity index (χ2v) is 6.22. The average Bonchev–Trinajstić information content (AvgIpc) is 2.63. The van der Waals surface area contributed by atoms with Crippen molar-refractivity contribution in [3.63, 3.8) is 0 Å². The van der Waals surface area contributed by atoms with E-state index in [-0.39, 0.29) is 18.9 Å². The highest BCUT2D eigenvalue weighted by Gasteiger charge is 2.38. The molecule has 0 unspecified atom stereocenters. The van der Waals surface area contributed by atoms with E-state index in [2.05, 4.69) is 20.9 Å². The Bertz CT molecular complexity index is 774. The van der Waals surface area contributed by atoms with Crippen molar-refractivity contribution in [3.05, 3.63) is 23.8 Å². The lowest BCUT2D eigenvalue weighted by molar-refractivity contribution is -0.137. The van der Waals surface area contributed by atoms with Crippen LogP contribution >= 0.6 is 0 Å². The largest absolute Gasteiger partial charge is 0.431 e. The van der Waals surface area contributed by atoms with Gasteiger partial charge in [-0.1, -0.05) is 6.07 Å². The summed E-state index contributed by atoms with van der Waals surface area (Å²) in [7, 11) is 0. The van der Waals surface area contributed by atoms with Crippen LogP contribution in [0, 0.1) is 11.3 Å². The molecule has 2 rings (SSSR count). The maximum absolute atomic E-state index is 12.6. The lowest BCUT2D eigenvalue weighted by atomic mass is 9.69. The maximum atomic E-state index is 12.6. The van der Waals surface area contributed by atoms with Crippen LogP contribution in [-0.2, 0) is 15.0 Å². The van der Waals surface area contributed by atoms with Crippen molar-refractivity contribution in [1.82, 2.24) is 5.32 Å². The Labute approximate surface area is 157 Å². The van der Waals surface area contributed by atoms with Crippen LogP contribution in [0.4, 0.5) is 17.6 Å². The number of halogens is 4. The molecule has 1 saturated carbocycles. The van der Waals surface area contributed by atoms with E-state index in [1.54, 1.807) is 0 Å². The minimum Gasteiger partial charge on any atom is -0.431 e. The first-order chi connectivity index (χ1) is 13.2. The summed E-state index contributed by atoms with van der Waals surface area (Å²) in [6.45, 7) is -6.51. The van der Waals surface area contributed by atoms with Crippen molar-refractivity contribution in [2.75, 3.05) is 0 Å². The van der Waals surface area contributed by atoms with Crippen molar-refractivity contribution in [3.8, 4) is 17.6 Å². The number of carbonyl (C=O) groups is 2. The SMILES string of the molecule is N#CC1(c2ccc(OC(F)F)c(OC(F)F)c2)CCC(NC(=O)C(N)=O)CC1. The van der Waals surface area contributed by atoms with Crippen molar-refractivity contribution in [1.29, 1.82) is 5.26 Å². The fourth-order valence-electron chi connectivity index (χ4n) is 3.16. The number of nitrogens with zero attached hydrogens (tertiary/aromatic N) is 1. The maximum Gasteiger partial charge on any atom is 0.387 e. The van der Waals surface area contributed by atoms with Crippen LogP contribution in [-0.4, -0.2) is 31.1 Å². The first-order valence-electron chi connectivity index (χ1n) is 8.22. The van der Waals surface area contributed by atoms with Gasteiger partial charge in [-0.3, -0.25) is 9.59 Å². The highest BCUT2D eigenvalue weighted by atomic mass is 19.3. The molecule has 0 bridgehead atoms. The van der Waals surface area contributed by atoms with Gasteiger partial charge in [0.25, 0.3) is 0 Å². The normalized spacial score (nSPS) is 21.8. The molecular weight excluding hydrogens is 386 g/mol. The molecule has 0 radical (unpaired) electrons. The topological polar surface area (TPSA) is 114 Å². The summed E-state index contributed by atoms with van der Waals surface area (Å²) >= 11 is 0. The van der Waals surface area contributed by atoms with E-state index in [4.69, 9.17) is 5.73 Å². The van der Waals surface area contributed by atoms with Crippen LogP contribution in [0.15, 0.2) is 18.2 Å². The lowest BCUT2D eigenvalue weighted by Crippen LogP contribution is -2.46. The van der Waals surface area contributed by atoms with E-state index >= 15 is 0 Å². The number of carbonyl (C=O) groups excluding carboxylic acids is 2. The number of hydrogen-bond donors (Lipinski definition) is 2. The smallest absolute Gasteiger partial charge is 0.387 e. The third-order valence-corrected chi connectivity index (χ3v) is 4.54. The number of nitrogens with one attached hydrogen (secondary N) is 1. The zero-order valence-electron chi connectivity index (χ0n) is 14.5. The minimum absolute atomic E-state index is 0.233. The van der Waals surface area contributed by atoms with Gasteiger partial charge < -0.3 is 20.5 Å². The van der Waals surface area contributed by atoms with Gasteiger partial charge in [0, 0.05) is 6.04 Å². The molecule has 1 aromatic rings. The molecule has 7 nitrogen and oxygen atoms in total. The fraction of sp³-hybridized carbons (Fsp3) is 0.471. The highest BCUT2D eigenvalue weighted by Crippen LogP contribution is 2.42. The summed E-state index contributed by atoms with van der Waals surface area (Å²) in [4.78, 5) is 22.2. The van der Waals surface area contributed by atoms with Gasteiger partial charge in [0.15, 0.2) is 11.5 Å². The summed E-state index contributed by atoms with van der Waals surface area (Å²) in [5.41, 5.74) is 4.08. The third-order valence-electron chi connectivity index (χ3n) is 4.54. The van der Waals surface area contributed by atoms with Crippen molar-refractivity contribution >= 4 is 11.8 Å². The number of amides is 2. The van der Waals surface area contributed by atoms with Gasteiger partial charge in [0.1, 0.15) is 0 Å². The average molecular weight is 403 g/mol. The molecule has 1 aliphatic rings. The second-order valence-electron chi connectivity index (χ2n) is 6.22. The van der Waals surface area contributed by atoms with Gasteiger partial charge in [-0.25, -0.2) is 0 Å². The monoisotopic (exact) mass is 403 g/mol. The van der Waals surface area contributed by atoms with Gasteiger partial charge in [0.2, 0.25) is 0 Å². The van der Waals surface area contributed by atoms with E-state index in [1.807, 2.05) is 0 Å². The van der Waals surface area contributed by atoms with Crippen LogP contribution in [0.5, 0.6) is 11.5 Å². The van der Waals surface area contributed by atoms with Gasteiger partial charge in [-0.05, 0) is 43.4 Å². The Kier molecular flexibility index (Phi) is 6.66. The molecule has 28 heavy (non-hydrogen) atoms. The standard InChI is InChI=1S/C17H17F4N3O4/c18-15(19)27-11-2-1-9(7-12(11)28-16(20)21)17(8-22)5-3-10(4-6-17)24-14(26)13(23)25/h1-2,7,10,15-16H,3-6H2,(H2,23,25)(H,24,26). The molecule has 0 atom stereocenters. The molecule has 3 N–H and O–H groups in total. The molecule has 2 amide bonds. The number of primary amides is 1. The Morgan fingerprint density at radius 2 is 1.71 bits per heavy atom. The van der Waals surface area contributed by atoms with E-state index in [9.17, 15) is 32.4 Å². The number of benzene rings is 1. The number of rotatable bonds is 6. The predicted molar refractivity (Wildman–Crippen MR) is 86.6 cm³/mol. The first-order valence-corrected chi connectivity index (χ1v) is 8.22. The predicted octanol–water partition coefficient (Wildman–Crippen LogP) is 2.19. The molecule has 152 valence electrons. The van der Waals surface area contributed by atoms with Crippen LogP contribution in [0.1, 0.15) is 31.2 Å². The zero-order chi connectivity index (χ0) is 20.9. The molecular formula is C17H17F4N3O4. The minimum atomic E-state index is -3.27. The molecule has 11 heteroatoms. The summed E-state index contributed by atoms with van der Waals surface area (Å²) in [6, 6.07) is 5.21. The quantitative estimate of drug-likeness (QED) is 0.558. The van der Waals surface area contributed by atoms with Crippen molar-refractivity contribution < 1.29 is 36.6 Å². The van der Waals surface area contributed by atoms with Gasteiger partial charge >= 0.3 is 25.0 Å². The molecule has 0 spiro atoms. The third kappa shape index (κ3) is 5.03. The summed E-state index contributed by atoms with van der Waals surface area (Å²) in [5, 5.41) is 12.1. The first kappa shape index (κ1) is 21.3. The van der Waals surface area contributed by atoms with Crippen molar-refractivity contribution in [2.24, 2.45) is 5.73 Å². The molecule has 0 aromatic heterocycles. The number of hydrogen-bond acceptors (Lipinski definition) is 5. The molecule has 1 fully saturated rings. The summed E-state index contributed by atoms with van der Waals surface area (Å²) in [6.07, 6.45) is 1.12. The Morgan fingerprint density at radius 1 is 1.14 bits per heavy atom. The number of alkyl halides is 4. The van der Waals surface area contributed by atoms with E-state index in [0.717, 1.165) is 12.1 Å². The van der Waals surface area contributed by atoms with Gasteiger partial charge in [-0.15, -0.1) is 0 Å². The van der Waals surface area contributed by atoms with E-state index in [1.165, 1.54) is 6.07 Å². The van der Waals surface area contributed by atoms with Crippen molar-refractivity contribution in [2.45, 2.75) is 50.4 Å². The number of ether oxygens (including phenoxy) is 2. The molecule has 0 aliphatic heterocycles. The lowest BCUT2D eigenvalue weighted by Gasteiger charge is -2.35. The number of nitrogens with two attached hydrogens (primary N) is 1. The van der Waals surface area contributed by atoms with Crippen LogP contribution in [0.25, 0.3) is 0 Å². The van der Waals surface area contributed by atoms with Gasteiger partial charge in [0.05, 0.1) is 11.5 Å². The van der Waals surface area contributed by atoms with E-state index in [0.29, 0.717) is 18.4 Å². The Balaban J connectivity index is 2.23. The zero-order valence-corrected chi connectivity index (χ0v) is 14.5.